The van der Waals surface area contributed by atoms with E-state index in [-0.39, 0.29) is 5.92 Å². The molecule has 0 amide bonds. The van der Waals surface area contributed by atoms with Crippen molar-refractivity contribution in [2.45, 2.75) is 32.3 Å². The molecule has 2 heteroatoms. The normalized spacial score (nSPS) is 11.8. The Bertz CT molecular complexity index is 559. The third-order valence-corrected chi connectivity index (χ3v) is 3.77. The van der Waals surface area contributed by atoms with E-state index in [2.05, 4.69) is 42.5 Å². The van der Waals surface area contributed by atoms with Gasteiger partial charge in [-0.3, -0.25) is 0 Å². The van der Waals surface area contributed by atoms with Crippen molar-refractivity contribution < 1.29 is 4.74 Å². The predicted octanol–water partition coefficient (Wildman–Crippen LogP) is 4.76. The van der Waals surface area contributed by atoms with Crippen molar-refractivity contribution in [2.75, 3.05) is 6.61 Å². The Morgan fingerprint density at radius 3 is 2.14 bits per heavy atom. The Morgan fingerprint density at radius 1 is 0.864 bits per heavy atom. The Kier molecular flexibility index (Phi) is 7.21. The van der Waals surface area contributed by atoms with Gasteiger partial charge in [-0.05, 0) is 36.8 Å². The summed E-state index contributed by atoms with van der Waals surface area (Å²) in [6.45, 7) is 1.28. The molecule has 0 aliphatic carbocycles. The number of rotatable bonds is 9. The van der Waals surface area contributed by atoms with Gasteiger partial charge in [0.25, 0.3) is 0 Å². The van der Waals surface area contributed by atoms with Crippen molar-refractivity contribution in [1.29, 1.82) is 5.26 Å². The summed E-state index contributed by atoms with van der Waals surface area (Å²) in [5.74, 6) is 0.0967. The van der Waals surface area contributed by atoms with Crippen LogP contribution in [0.3, 0.4) is 0 Å². The summed E-state index contributed by atoms with van der Waals surface area (Å²) in [6.07, 6.45) is 3.86. The highest BCUT2D eigenvalue weighted by Crippen LogP contribution is 2.14. The lowest BCUT2D eigenvalue weighted by molar-refractivity contribution is 0.111. The SMILES string of the molecule is N#CC(CCCc1ccccc1)CCOCc1ccccc1. The van der Waals surface area contributed by atoms with Crippen LogP contribution in [0.25, 0.3) is 0 Å². The quantitative estimate of drug-likeness (QED) is 0.625. The molecule has 0 aliphatic heterocycles. The van der Waals surface area contributed by atoms with E-state index in [1.807, 2.05) is 24.3 Å². The highest BCUT2D eigenvalue weighted by molar-refractivity contribution is 5.14. The maximum Gasteiger partial charge on any atom is 0.0716 e. The van der Waals surface area contributed by atoms with Crippen molar-refractivity contribution in [3.05, 3.63) is 71.8 Å². The summed E-state index contributed by atoms with van der Waals surface area (Å²) in [7, 11) is 0. The topological polar surface area (TPSA) is 33.0 Å². The van der Waals surface area contributed by atoms with Gasteiger partial charge < -0.3 is 4.74 Å². The van der Waals surface area contributed by atoms with Crippen molar-refractivity contribution in [1.82, 2.24) is 0 Å². The van der Waals surface area contributed by atoms with Gasteiger partial charge in [0.2, 0.25) is 0 Å². The molecule has 0 spiro atoms. The predicted molar refractivity (Wildman–Crippen MR) is 89.2 cm³/mol. The molecule has 0 aliphatic rings. The molecule has 1 unspecified atom stereocenters. The molecule has 0 saturated heterocycles. The number of aryl methyl sites for hydroxylation is 1. The molecule has 22 heavy (non-hydrogen) atoms. The lowest BCUT2D eigenvalue weighted by atomic mass is 9.98. The lowest BCUT2D eigenvalue weighted by Gasteiger charge is -2.10. The fraction of sp³-hybridized carbons (Fsp3) is 0.350. The summed E-state index contributed by atoms with van der Waals surface area (Å²) in [6, 6.07) is 23.0. The van der Waals surface area contributed by atoms with Crippen molar-refractivity contribution in [3.63, 3.8) is 0 Å². The number of benzene rings is 2. The maximum absolute atomic E-state index is 9.23. The molecule has 2 aromatic rings. The summed E-state index contributed by atoms with van der Waals surface area (Å²) in [5.41, 5.74) is 2.53. The van der Waals surface area contributed by atoms with Gasteiger partial charge in [0.1, 0.15) is 0 Å². The van der Waals surface area contributed by atoms with E-state index >= 15 is 0 Å². The third-order valence-electron chi connectivity index (χ3n) is 3.77. The van der Waals surface area contributed by atoms with Crippen LogP contribution < -0.4 is 0 Å². The average molecular weight is 293 g/mol. The first kappa shape index (κ1) is 16.3. The van der Waals surface area contributed by atoms with Crippen LogP contribution in [0.1, 0.15) is 30.4 Å². The van der Waals surface area contributed by atoms with E-state index < -0.39 is 0 Å². The van der Waals surface area contributed by atoms with E-state index in [1.165, 1.54) is 11.1 Å². The summed E-state index contributed by atoms with van der Waals surface area (Å²) >= 11 is 0. The number of nitrogens with zero attached hydrogens (tertiary/aromatic N) is 1. The molecule has 0 radical (unpaired) electrons. The molecular formula is C20H23NO. The zero-order chi connectivity index (χ0) is 15.5. The van der Waals surface area contributed by atoms with Crippen LogP contribution in [0.2, 0.25) is 0 Å². The average Bonchev–Trinajstić information content (AvgIpc) is 2.59. The van der Waals surface area contributed by atoms with Gasteiger partial charge >= 0.3 is 0 Å². The minimum absolute atomic E-state index is 0.0967. The Labute approximate surface area is 133 Å². The Morgan fingerprint density at radius 2 is 1.50 bits per heavy atom. The van der Waals surface area contributed by atoms with Crippen LogP contribution in [0.15, 0.2) is 60.7 Å². The van der Waals surface area contributed by atoms with Crippen molar-refractivity contribution >= 4 is 0 Å². The second kappa shape index (κ2) is 9.76. The molecular weight excluding hydrogens is 270 g/mol. The maximum atomic E-state index is 9.23. The second-order valence-corrected chi connectivity index (χ2v) is 5.53. The molecule has 114 valence electrons. The Hall–Kier alpha value is -2.11. The molecule has 2 nitrogen and oxygen atoms in total. The molecule has 0 heterocycles. The van der Waals surface area contributed by atoms with Gasteiger partial charge in [0.05, 0.1) is 12.7 Å². The van der Waals surface area contributed by atoms with Gasteiger partial charge in [-0.2, -0.15) is 5.26 Å². The van der Waals surface area contributed by atoms with Crippen LogP contribution in [0.5, 0.6) is 0 Å². The first-order valence-electron chi connectivity index (χ1n) is 7.93. The fourth-order valence-corrected chi connectivity index (χ4v) is 2.46. The summed E-state index contributed by atoms with van der Waals surface area (Å²) in [5, 5.41) is 9.23. The third kappa shape index (κ3) is 6.11. The molecule has 0 N–H and O–H groups in total. The molecule has 0 bridgehead atoms. The van der Waals surface area contributed by atoms with E-state index in [0.29, 0.717) is 13.2 Å². The standard InChI is InChI=1S/C20H23NO/c21-16-19(13-7-12-18-8-3-1-4-9-18)14-15-22-17-20-10-5-2-6-11-20/h1-6,8-11,19H,7,12-15,17H2. The highest BCUT2D eigenvalue weighted by Gasteiger charge is 2.07. The molecule has 2 aromatic carbocycles. The van der Waals surface area contributed by atoms with Crippen molar-refractivity contribution in [2.24, 2.45) is 5.92 Å². The van der Waals surface area contributed by atoms with E-state index in [0.717, 1.165) is 25.7 Å². The largest absolute Gasteiger partial charge is 0.377 e. The monoisotopic (exact) mass is 293 g/mol. The number of ether oxygens (including phenoxy) is 1. The lowest BCUT2D eigenvalue weighted by Crippen LogP contribution is -2.04. The van der Waals surface area contributed by atoms with E-state index in [4.69, 9.17) is 4.74 Å². The summed E-state index contributed by atoms with van der Waals surface area (Å²) < 4.78 is 5.67. The number of hydrogen-bond donors (Lipinski definition) is 0. The van der Waals surface area contributed by atoms with Gasteiger partial charge in [0.15, 0.2) is 0 Å². The van der Waals surface area contributed by atoms with Crippen LogP contribution in [0.4, 0.5) is 0 Å². The minimum atomic E-state index is 0.0967. The van der Waals surface area contributed by atoms with Crippen LogP contribution in [0, 0.1) is 17.2 Å². The zero-order valence-electron chi connectivity index (χ0n) is 12.9. The molecule has 2 rings (SSSR count). The first-order chi connectivity index (χ1) is 10.9. The van der Waals surface area contributed by atoms with Gasteiger partial charge in [0, 0.05) is 12.5 Å². The molecule has 0 aromatic heterocycles. The van der Waals surface area contributed by atoms with Crippen LogP contribution >= 0.6 is 0 Å². The molecule has 0 saturated carbocycles. The first-order valence-corrected chi connectivity index (χ1v) is 7.93. The van der Waals surface area contributed by atoms with Crippen molar-refractivity contribution in [3.8, 4) is 6.07 Å². The van der Waals surface area contributed by atoms with E-state index in [1.54, 1.807) is 0 Å². The summed E-state index contributed by atoms with van der Waals surface area (Å²) in [4.78, 5) is 0. The van der Waals surface area contributed by atoms with E-state index in [9.17, 15) is 5.26 Å². The van der Waals surface area contributed by atoms with Crippen LogP contribution in [-0.2, 0) is 17.8 Å². The minimum Gasteiger partial charge on any atom is -0.377 e. The van der Waals surface area contributed by atoms with Gasteiger partial charge in [-0.15, -0.1) is 0 Å². The molecule has 0 fully saturated rings. The Balaban J connectivity index is 1.60. The smallest absolute Gasteiger partial charge is 0.0716 e. The number of hydrogen-bond acceptors (Lipinski definition) is 2. The second-order valence-electron chi connectivity index (χ2n) is 5.53. The fourth-order valence-electron chi connectivity index (χ4n) is 2.46. The van der Waals surface area contributed by atoms with Gasteiger partial charge in [-0.1, -0.05) is 60.7 Å². The van der Waals surface area contributed by atoms with Gasteiger partial charge in [-0.25, -0.2) is 0 Å². The highest BCUT2D eigenvalue weighted by atomic mass is 16.5. The zero-order valence-corrected chi connectivity index (χ0v) is 12.9. The molecule has 1 atom stereocenters. The number of nitriles is 1. The van der Waals surface area contributed by atoms with Crippen LogP contribution in [-0.4, -0.2) is 6.61 Å².